The summed E-state index contributed by atoms with van der Waals surface area (Å²) in [6, 6.07) is 22.9. The zero-order chi connectivity index (χ0) is 23.5. The third-order valence-electron chi connectivity index (χ3n) is 5.94. The topological polar surface area (TPSA) is 39.1 Å². The van der Waals surface area contributed by atoms with Gasteiger partial charge in [-0.1, -0.05) is 42.5 Å². The quantitative estimate of drug-likeness (QED) is 0.350. The summed E-state index contributed by atoms with van der Waals surface area (Å²) in [5, 5.41) is 8.29. The lowest BCUT2D eigenvalue weighted by Gasteiger charge is -2.11. The average Bonchev–Trinajstić information content (AvgIpc) is 3.04. The molecule has 34 heavy (non-hydrogen) atoms. The minimum atomic E-state index is -4.36. The number of aromatic nitrogens is 2. The van der Waals surface area contributed by atoms with Crippen molar-refractivity contribution in [1.29, 1.82) is 0 Å². The van der Waals surface area contributed by atoms with E-state index in [1.165, 1.54) is 12.1 Å². The standard InChI is InChI=1S/C27H24F3N3O/c28-27(29,30)21-11-9-20(10-12-21)25-24-8-4-5-17-31-26(24)33(32-25)22-13-15-23(16-14-22)34-18-19-6-2-1-3-7-19/h1-3,6-7,9-16,31H,4-5,8,17-18H2. The molecule has 3 aromatic carbocycles. The maximum atomic E-state index is 13.0. The van der Waals surface area contributed by atoms with Gasteiger partial charge in [-0.25, -0.2) is 4.68 Å². The Morgan fingerprint density at radius 2 is 1.62 bits per heavy atom. The van der Waals surface area contributed by atoms with E-state index >= 15 is 0 Å². The number of nitrogens with one attached hydrogen (secondary N) is 1. The Labute approximate surface area is 196 Å². The van der Waals surface area contributed by atoms with Gasteiger partial charge < -0.3 is 10.1 Å². The summed E-state index contributed by atoms with van der Waals surface area (Å²) >= 11 is 0. The van der Waals surface area contributed by atoms with Crippen molar-refractivity contribution in [3.63, 3.8) is 0 Å². The molecule has 2 heterocycles. The van der Waals surface area contributed by atoms with Crippen LogP contribution >= 0.6 is 0 Å². The SMILES string of the molecule is FC(F)(F)c1ccc(-c2nn(-c3ccc(OCc4ccccc4)cc3)c3c2CCCCN3)cc1. The van der Waals surface area contributed by atoms with Crippen LogP contribution in [0.25, 0.3) is 16.9 Å². The van der Waals surface area contributed by atoms with Gasteiger partial charge in [0.2, 0.25) is 0 Å². The van der Waals surface area contributed by atoms with Crippen molar-refractivity contribution < 1.29 is 17.9 Å². The van der Waals surface area contributed by atoms with Gasteiger partial charge in [0.15, 0.2) is 0 Å². The summed E-state index contributed by atoms with van der Waals surface area (Å²) in [6.07, 6.45) is -1.53. The molecule has 7 heteroatoms. The number of rotatable bonds is 5. The number of hydrogen-bond donors (Lipinski definition) is 1. The number of benzene rings is 3. The predicted molar refractivity (Wildman–Crippen MR) is 126 cm³/mol. The van der Waals surface area contributed by atoms with Gasteiger partial charge in [0.1, 0.15) is 18.2 Å². The number of anilines is 1. The van der Waals surface area contributed by atoms with Crippen molar-refractivity contribution in [3.8, 4) is 22.7 Å². The Balaban J connectivity index is 1.44. The molecule has 1 N–H and O–H groups in total. The van der Waals surface area contributed by atoms with E-state index in [-0.39, 0.29) is 0 Å². The van der Waals surface area contributed by atoms with Crippen molar-refractivity contribution in [2.45, 2.75) is 32.0 Å². The highest BCUT2D eigenvalue weighted by Gasteiger charge is 2.30. The first-order valence-electron chi connectivity index (χ1n) is 11.3. The molecule has 0 bridgehead atoms. The Kier molecular flexibility index (Phi) is 6.01. The highest BCUT2D eigenvalue weighted by molar-refractivity contribution is 5.71. The number of alkyl halides is 3. The number of halogens is 3. The number of fused-ring (bicyclic) bond motifs is 1. The minimum Gasteiger partial charge on any atom is -0.489 e. The van der Waals surface area contributed by atoms with Crippen LogP contribution in [0.3, 0.4) is 0 Å². The number of nitrogens with zero attached hydrogens (tertiary/aromatic N) is 2. The van der Waals surface area contributed by atoms with Crippen LogP contribution in [-0.4, -0.2) is 16.3 Å². The molecule has 0 atom stereocenters. The summed E-state index contributed by atoms with van der Waals surface area (Å²) in [7, 11) is 0. The molecule has 0 saturated heterocycles. The zero-order valence-corrected chi connectivity index (χ0v) is 18.5. The third-order valence-corrected chi connectivity index (χ3v) is 5.94. The van der Waals surface area contributed by atoms with Crippen LogP contribution in [0, 0.1) is 0 Å². The van der Waals surface area contributed by atoms with Gasteiger partial charge in [0.25, 0.3) is 0 Å². The lowest BCUT2D eigenvalue weighted by Crippen LogP contribution is -2.07. The molecule has 0 aliphatic carbocycles. The molecule has 1 aliphatic heterocycles. The monoisotopic (exact) mass is 463 g/mol. The van der Waals surface area contributed by atoms with Crippen LogP contribution < -0.4 is 10.1 Å². The molecule has 4 nitrogen and oxygen atoms in total. The van der Waals surface area contributed by atoms with E-state index in [0.717, 1.165) is 66.3 Å². The minimum absolute atomic E-state index is 0.483. The lowest BCUT2D eigenvalue weighted by molar-refractivity contribution is -0.137. The Morgan fingerprint density at radius 1 is 0.882 bits per heavy atom. The number of hydrogen-bond acceptors (Lipinski definition) is 3. The molecule has 1 aliphatic rings. The fraction of sp³-hybridized carbons (Fsp3) is 0.222. The fourth-order valence-electron chi connectivity index (χ4n) is 4.16. The summed E-state index contributed by atoms with van der Waals surface area (Å²) < 4.78 is 46.8. The highest BCUT2D eigenvalue weighted by Crippen LogP contribution is 2.36. The van der Waals surface area contributed by atoms with Gasteiger partial charge in [-0.15, -0.1) is 0 Å². The first-order chi connectivity index (χ1) is 16.5. The second-order valence-electron chi connectivity index (χ2n) is 8.31. The van der Waals surface area contributed by atoms with E-state index in [1.807, 2.05) is 59.3 Å². The van der Waals surface area contributed by atoms with Crippen molar-refractivity contribution in [3.05, 3.63) is 95.6 Å². The van der Waals surface area contributed by atoms with Crippen LogP contribution in [0.4, 0.5) is 19.0 Å². The van der Waals surface area contributed by atoms with Crippen LogP contribution in [0.2, 0.25) is 0 Å². The molecule has 174 valence electrons. The van der Waals surface area contributed by atoms with Crippen LogP contribution in [-0.2, 0) is 19.2 Å². The zero-order valence-electron chi connectivity index (χ0n) is 18.5. The van der Waals surface area contributed by atoms with E-state index < -0.39 is 11.7 Å². The van der Waals surface area contributed by atoms with Gasteiger partial charge >= 0.3 is 6.18 Å². The van der Waals surface area contributed by atoms with Crippen molar-refractivity contribution in [2.75, 3.05) is 11.9 Å². The summed E-state index contributed by atoms with van der Waals surface area (Å²) in [5.74, 6) is 1.65. The van der Waals surface area contributed by atoms with E-state index in [4.69, 9.17) is 9.84 Å². The summed E-state index contributed by atoms with van der Waals surface area (Å²) in [5.41, 5.74) is 3.70. The molecule has 0 spiro atoms. The molecule has 0 fully saturated rings. The Morgan fingerprint density at radius 3 is 2.32 bits per heavy atom. The van der Waals surface area contributed by atoms with Gasteiger partial charge in [0, 0.05) is 17.7 Å². The molecular formula is C27H24F3N3O. The largest absolute Gasteiger partial charge is 0.489 e. The van der Waals surface area contributed by atoms with E-state index in [2.05, 4.69) is 5.32 Å². The van der Waals surface area contributed by atoms with E-state index in [1.54, 1.807) is 0 Å². The van der Waals surface area contributed by atoms with Gasteiger partial charge in [-0.05, 0) is 61.2 Å². The molecule has 5 rings (SSSR count). The summed E-state index contributed by atoms with van der Waals surface area (Å²) in [4.78, 5) is 0. The first-order valence-corrected chi connectivity index (χ1v) is 11.3. The van der Waals surface area contributed by atoms with E-state index in [9.17, 15) is 13.2 Å². The lowest BCUT2D eigenvalue weighted by atomic mass is 10.0. The van der Waals surface area contributed by atoms with Gasteiger partial charge in [-0.2, -0.15) is 18.3 Å². The maximum absolute atomic E-state index is 13.0. The molecule has 0 radical (unpaired) electrons. The van der Waals surface area contributed by atoms with Crippen LogP contribution in [0.1, 0.15) is 29.5 Å². The maximum Gasteiger partial charge on any atom is 0.416 e. The fourth-order valence-corrected chi connectivity index (χ4v) is 4.16. The second kappa shape index (κ2) is 9.25. The van der Waals surface area contributed by atoms with Crippen molar-refractivity contribution in [1.82, 2.24) is 9.78 Å². The molecule has 0 unspecified atom stereocenters. The Hall–Kier alpha value is -3.74. The molecule has 4 aromatic rings. The second-order valence-corrected chi connectivity index (χ2v) is 8.31. The predicted octanol–water partition coefficient (Wildman–Crippen LogP) is 6.89. The first kappa shape index (κ1) is 22.1. The van der Waals surface area contributed by atoms with Crippen molar-refractivity contribution >= 4 is 5.82 Å². The average molecular weight is 464 g/mol. The summed E-state index contributed by atoms with van der Waals surface area (Å²) in [6.45, 7) is 1.31. The third kappa shape index (κ3) is 4.64. The Bertz CT molecular complexity index is 1250. The molecular weight excluding hydrogens is 439 g/mol. The van der Waals surface area contributed by atoms with Crippen LogP contribution in [0.15, 0.2) is 78.9 Å². The highest BCUT2D eigenvalue weighted by atomic mass is 19.4. The molecule has 0 saturated carbocycles. The van der Waals surface area contributed by atoms with Gasteiger partial charge in [0.05, 0.1) is 16.9 Å². The van der Waals surface area contributed by atoms with Gasteiger partial charge in [-0.3, -0.25) is 0 Å². The normalized spacial score (nSPS) is 13.6. The number of ether oxygens (including phenoxy) is 1. The molecule has 1 aromatic heterocycles. The smallest absolute Gasteiger partial charge is 0.416 e. The molecule has 0 amide bonds. The van der Waals surface area contributed by atoms with Crippen LogP contribution in [0.5, 0.6) is 5.75 Å². The van der Waals surface area contributed by atoms with Crippen molar-refractivity contribution in [2.24, 2.45) is 0 Å². The van der Waals surface area contributed by atoms with E-state index in [0.29, 0.717) is 17.9 Å².